The van der Waals surface area contributed by atoms with Crippen LogP contribution in [0.5, 0.6) is 0 Å². The van der Waals surface area contributed by atoms with Crippen LogP contribution in [0.4, 0.5) is 4.39 Å². The second-order valence-electron chi connectivity index (χ2n) is 9.06. The molecule has 1 atom stereocenters. The van der Waals surface area contributed by atoms with Gasteiger partial charge in [0.05, 0.1) is 12.1 Å². The predicted molar refractivity (Wildman–Crippen MR) is 125 cm³/mol. The first-order valence-electron chi connectivity index (χ1n) is 12.0. The SMILES string of the molecule is O=C1CCC(N2C(=O)C3=C(C2=O)N(Cc2nc(-c4ccnc(-c5ccccc5F)n4)no2)CCC3)C(=O)N1. The molecule has 13 heteroatoms. The van der Waals surface area contributed by atoms with Gasteiger partial charge in [0.1, 0.15) is 23.3 Å². The van der Waals surface area contributed by atoms with E-state index in [2.05, 4.69) is 25.4 Å². The van der Waals surface area contributed by atoms with Gasteiger partial charge in [-0.3, -0.25) is 29.4 Å². The highest BCUT2D eigenvalue weighted by atomic mass is 19.1. The highest BCUT2D eigenvalue weighted by molar-refractivity contribution is 6.21. The van der Waals surface area contributed by atoms with Crippen LogP contribution in [-0.2, 0) is 25.7 Å². The molecule has 3 aliphatic rings. The summed E-state index contributed by atoms with van der Waals surface area (Å²) in [5.41, 5.74) is 1.09. The van der Waals surface area contributed by atoms with Crippen LogP contribution in [0.2, 0.25) is 0 Å². The third-order valence-corrected chi connectivity index (χ3v) is 6.67. The Kier molecular flexibility index (Phi) is 5.74. The maximum atomic E-state index is 14.2. The lowest BCUT2D eigenvalue weighted by molar-refractivity contribution is -0.150. The number of carbonyl (C=O) groups excluding carboxylic acids is 4. The summed E-state index contributed by atoms with van der Waals surface area (Å²) in [6.07, 6.45) is 2.61. The van der Waals surface area contributed by atoms with Crippen LogP contribution in [0.15, 0.2) is 52.3 Å². The Hall–Kier alpha value is -4.81. The summed E-state index contributed by atoms with van der Waals surface area (Å²) in [6.45, 7) is 0.517. The monoisotopic (exact) mass is 517 g/mol. The lowest BCUT2D eigenvalue weighted by atomic mass is 10.0. The molecule has 1 aromatic carbocycles. The molecule has 1 saturated heterocycles. The van der Waals surface area contributed by atoms with Gasteiger partial charge in [-0.15, -0.1) is 0 Å². The van der Waals surface area contributed by atoms with Crippen molar-refractivity contribution in [2.24, 2.45) is 0 Å². The van der Waals surface area contributed by atoms with Gasteiger partial charge in [-0.05, 0) is 37.5 Å². The Morgan fingerprint density at radius 3 is 2.68 bits per heavy atom. The van der Waals surface area contributed by atoms with E-state index in [1.807, 2.05) is 0 Å². The average Bonchev–Trinajstić information content (AvgIpc) is 3.48. The van der Waals surface area contributed by atoms with Crippen molar-refractivity contribution in [3.05, 3.63) is 59.5 Å². The smallest absolute Gasteiger partial charge is 0.278 e. The van der Waals surface area contributed by atoms with Crippen molar-refractivity contribution in [2.75, 3.05) is 6.54 Å². The Morgan fingerprint density at radius 1 is 1.03 bits per heavy atom. The molecule has 3 aliphatic heterocycles. The first kappa shape index (κ1) is 23.6. The summed E-state index contributed by atoms with van der Waals surface area (Å²) in [4.78, 5) is 65.8. The van der Waals surface area contributed by atoms with Gasteiger partial charge in [-0.1, -0.05) is 17.3 Å². The normalized spacial score (nSPS) is 19.8. The van der Waals surface area contributed by atoms with Crippen LogP contribution in [0, 0.1) is 5.82 Å². The minimum absolute atomic E-state index is 0.0499. The molecule has 0 aliphatic carbocycles. The van der Waals surface area contributed by atoms with Gasteiger partial charge < -0.3 is 9.42 Å². The number of piperidine rings is 1. The first-order chi connectivity index (χ1) is 18.4. The predicted octanol–water partition coefficient (Wildman–Crippen LogP) is 1.36. The number of benzene rings is 1. The second kappa shape index (κ2) is 9.25. The molecule has 6 rings (SSSR count). The highest BCUT2D eigenvalue weighted by Gasteiger charge is 2.48. The third-order valence-electron chi connectivity index (χ3n) is 6.67. The molecule has 38 heavy (non-hydrogen) atoms. The highest BCUT2D eigenvalue weighted by Crippen LogP contribution is 2.34. The fourth-order valence-electron chi connectivity index (χ4n) is 4.90. The standard InChI is InChI=1S/C25H20FN7O5/c26-15-6-2-1-4-13(15)21-27-10-9-16(28-21)22-30-19(38-31-22)12-32-11-3-5-14-20(32)25(37)33(24(14)36)17-7-8-18(34)29-23(17)35/h1-2,4,6,9-10,17H,3,5,7-8,11-12H2,(H,29,34,35). The molecule has 3 aromatic rings. The van der Waals surface area contributed by atoms with Crippen molar-refractivity contribution in [3.63, 3.8) is 0 Å². The van der Waals surface area contributed by atoms with E-state index in [0.29, 0.717) is 30.7 Å². The Morgan fingerprint density at radius 2 is 1.87 bits per heavy atom. The van der Waals surface area contributed by atoms with Crippen LogP contribution >= 0.6 is 0 Å². The maximum Gasteiger partial charge on any atom is 0.278 e. The molecule has 1 unspecified atom stereocenters. The van der Waals surface area contributed by atoms with E-state index >= 15 is 0 Å². The quantitative estimate of drug-likeness (QED) is 0.491. The Balaban J connectivity index is 1.23. The number of hydrogen-bond acceptors (Lipinski definition) is 10. The van der Waals surface area contributed by atoms with Crippen molar-refractivity contribution in [1.82, 2.24) is 35.2 Å². The Labute approximate surface area is 214 Å². The molecule has 0 radical (unpaired) electrons. The zero-order valence-electron chi connectivity index (χ0n) is 19.9. The average molecular weight is 517 g/mol. The summed E-state index contributed by atoms with van der Waals surface area (Å²) in [6, 6.07) is 6.67. The largest absolute Gasteiger partial charge is 0.357 e. The Bertz CT molecular complexity index is 1530. The number of amides is 4. The van der Waals surface area contributed by atoms with Gasteiger partial charge >= 0.3 is 0 Å². The van der Waals surface area contributed by atoms with Gasteiger partial charge in [-0.2, -0.15) is 4.98 Å². The number of aromatic nitrogens is 4. The zero-order chi connectivity index (χ0) is 26.4. The molecule has 2 aromatic heterocycles. The van der Waals surface area contributed by atoms with E-state index in [1.54, 1.807) is 29.2 Å². The maximum absolute atomic E-state index is 14.2. The zero-order valence-corrected chi connectivity index (χ0v) is 19.9. The number of hydrogen-bond donors (Lipinski definition) is 1. The molecule has 12 nitrogen and oxygen atoms in total. The van der Waals surface area contributed by atoms with Gasteiger partial charge in [0.2, 0.25) is 23.5 Å². The lowest BCUT2D eigenvalue weighted by Crippen LogP contribution is -2.55. The van der Waals surface area contributed by atoms with E-state index in [-0.39, 0.29) is 48.2 Å². The van der Waals surface area contributed by atoms with Crippen molar-refractivity contribution >= 4 is 23.6 Å². The van der Waals surface area contributed by atoms with Gasteiger partial charge in [0.25, 0.3) is 11.8 Å². The van der Waals surface area contributed by atoms with Crippen molar-refractivity contribution in [1.29, 1.82) is 0 Å². The van der Waals surface area contributed by atoms with Crippen LogP contribution in [0.3, 0.4) is 0 Å². The number of carbonyl (C=O) groups is 4. The summed E-state index contributed by atoms with van der Waals surface area (Å²) >= 11 is 0. The van der Waals surface area contributed by atoms with E-state index in [4.69, 9.17) is 4.52 Å². The third kappa shape index (κ3) is 4.01. The summed E-state index contributed by atoms with van der Waals surface area (Å²) in [5, 5.41) is 6.17. The molecular formula is C25H20FN7O5. The van der Waals surface area contributed by atoms with Crippen molar-refractivity contribution in [3.8, 4) is 22.9 Å². The molecule has 5 heterocycles. The van der Waals surface area contributed by atoms with E-state index < -0.39 is 35.5 Å². The van der Waals surface area contributed by atoms with Crippen LogP contribution in [-0.4, -0.2) is 66.1 Å². The number of halogens is 1. The van der Waals surface area contributed by atoms with Gasteiger partial charge in [0, 0.05) is 24.7 Å². The summed E-state index contributed by atoms with van der Waals surface area (Å²) in [7, 11) is 0. The van der Waals surface area contributed by atoms with Crippen molar-refractivity contribution < 1.29 is 28.1 Å². The molecule has 1 N–H and O–H groups in total. The number of nitrogens with zero attached hydrogens (tertiary/aromatic N) is 6. The van der Waals surface area contributed by atoms with Crippen molar-refractivity contribution in [2.45, 2.75) is 38.3 Å². The second-order valence-corrected chi connectivity index (χ2v) is 9.06. The fourth-order valence-corrected chi connectivity index (χ4v) is 4.90. The minimum Gasteiger partial charge on any atom is -0.357 e. The number of rotatable bonds is 5. The van der Waals surface area contributed by atoms with E-state index in [1.165, 1.54) is 12.3 Å². The van der Waals surface area contributed by atoms with E-state index in [9.17, 15) is 23.6 Å². The molecule has 0 spiro atoms. The van der Waals surface area contributed by atoms with Crippen LogP contribution < -0.4 is 5.32 Å². The van der Waals surface area contributed by atoms with Gasteiger partial charge in [-0.25, -0.2) is 14.4 Å². The topological polar surface area (TPSA) is 151 Å². The summed E-state index contributed by atoms with van der Waals surface area (Å²) in [5.74, 6) is -2.14. The van der Waals surface area contributed by atoms with E-state index in [0.717, 1.165) is 4.90 Å². The fraction of sp³-hybridized carbons (Fsp3) is 0.280. The van der Waals surface area contributed by atoms with Crippen LogP contribution in [0.25, 0.3) is 22.9 Å². The van der Waals surface area contributed by atoms with Gasteiger partial charge in [0.15, 0.2) is 5.82 Å². The molecule has 0 saturated carbocycles. The molecule has 192 valence electrons. The minimum atomic E-state index is -1.03. The first-order valence-corrected chi connectivity index (χ1v) is 12.0. The molecule has 0 bridgehead atoms. The summed E-state index contributed by atoms with van der Waals surface area (Å²) < 4.78 is 19.6. The molecule has 4 amide bonds. The number of imide groups is 2. The lowest BCUT2D eigenvalue weighted by Gasteiger charge is -2.29. The molecular weight excluding hydrogens is 497 g/mol. The van der Waals surface area contributed by atoms with Crippen LogP contribution in [0.1, 0.15) is 31.6 Å². The molecule has 1 fully saturated rings. The number of nitrogens with one attached hydrogen (secondary N) is 1.